The lowest BCUT2D eigenvalue weighted by Gasteiger charge is -2.42. The van der Waals surface area contributed by atoms with Gasteiger partial charge in [0.05, 0.1) is 16.7 Å². The Balaban J connectivity index is 1.36. The third kappa shape index (κ3) is 7.16. The van der Waals surface area contributed by atoms with E-state index in [-0.39, 0.29) is 16.7 Å². The van der Waals surface area contributed by atoms with Crippen LogP contribution in [-0.4, -0.2) is 72.1 Å². The van der Waals surface area contributed by atoms with Crippen LogP contribution < -0.4 is 0 Å². The fourth-order valence-electron chi connectivity index (χ4n) is 5.34. The first-order chi connectivity index (χ1) is 23.4. The minimum Gasteiger partial charge on any atom is -0.459 e. The van der Waals surface area contributed by atoms with Gasteiger partial charge in [-0.2, -0.15) is 0 Å². The van der Waals surface area contributed by atoms with Crippen LogP contribution >= 0.6 is 0 Å². The van der Waals surface area contributed by atoms with Crippen LogP contribution in [0.3, 0.4) is 0 Å². The summed E-state index contributed by atoms with van der Waals surface area (Å²) in [5, 5.41) is 0. The molecule has 0 saturated carbocycles. The zero-order valence-electron chi connectivity index (χ0n) is 25.3. The molecule has 2 amide bonds. The van der Waals surface area contributed by atoms with Gasteiger partial charge in [-0.1, -0.05) is 84.9 Å². The molecule has 0 spiro atoms. The number of rotatable bonds is 9. The van der Waals surface area contributed by atoms with E-state index in [4.69, 9.17) is 23.7 Å². The van der Waals surface area contributed by atoms with Gasteiger partial charge >= 0.3 is 24.0 Å². The number of hydrogen-bond acceptors (Lipinski definition) is 10. The zero-order valence-corrected chi connectivity index (χ0v) is 25.3. The number of nitrogens with zero attached hydrogens (tertiary/aromatic N) is 1. The lowest BCUT2D eigenvalue weighted by atomic mass is 9.95. The fraction of sp³-hybridized carbons (Fsp3) is 0.162. The third-order valence-corrected chi connectivity index (χ3v) is 7.68. The second-order valence-corrected chi connectivity index (χ2v) is 10.8. The van der Waals surface area contributed by atoms with Gasteiger partial charge in [-0.05, 0) is 48.0 Å². The fourth-order valence-corrected chi connectivity index (χ4v) is 5.34. The lowest BCUT2D eigenvalue weighted by Crippen LogP contribution is -2.64. The highest BCUT2D eigenvalue weighted by atomic mass is 16.7. The number of imide groups is 1. The van der Waals surface area contributed by atoms with Crippen LogP contribution in [0.15, 0.2) is 127 Å². The molecule has 11 heteroatoms. The Labute approximate surface area is 275 Å². The Morgan fingerprint density at radius 2 is 1.12 bits per heavy atom. The minimum absolute atomic E-state index is 0.160. The number of carbonyl (C=O) groups is 5. The number of amides is 2. The maximum Gasteiger partial charge on any atom is 0.419 e. The molecule has 2 heterocycles. The first kappa shape index (κ1) is 31.9. The van der Waals surface area contributed by atoms with Crippen molar-refractivity contribution in [3.05, 3.63) is 150 Å². The summed E-state index contributed by atoms with van der Waals surface area (Å²) < 4.78 is 29.0. The molecule has 0 aromatic heterocycles. The molecular formula is C37H29NO10. The summed E-state index contributed by atoms with van der Waals surface area (Å²) in [6.07, 6.45) is -4.12. The van der Waals surface area contributed by atoms with Gasteiger partial charge in [-0.15, -0.1) is 0 Å². The van der Waals surface area contributed by atoms with E-state index in [1.807, 2.05) is 6.07 Å². The van der Waals surface area contributed by atoms with Crippen molar-refractivity contribution in [3.8, 4) is 0 Å². The monoisotopic (exact) mass is 647 g/mol. The van der Waals surface area contributed by atoms with Gasteiger partial charge in [-0.3, -0.25) is 4.79 Å². The van der Waals surface area contributed by atoms with Crippen molar-refractivity contribution in [2.75, 3.05) is 6.61 Å². The van der Waals surface area contributed by atoms with Crippen molar-refractivity contribution in [1.29, 1.82) is 0 Å². The van der Waals surface area contributed by atoms with Gasteiger partial charge in [-0.25, -0.2) is 24.1 Å². The van der Waals surface area contributed by atoms with Crippen LogP contribution in [0.25, 0.3) is 6.08 Å². The smallest absolute Gasteiger partial charge is 0.419 e. The van der Waals surface area contributed by atoms with E-state index in [1.54, 1.807) is 91.0 Å². The van der Waals surface area contributed by atoms with E-state index in [0.717, 1.165) is 4.90 Å². The average molecular weight is 648 g/mol. The molecule has 2 saturated heterocycles. The molecule has 0 bridgehead atoms. The van der Waals surface area contributed by atoms with Crippen molar-refractivity contribution >= 4 is 36.0 Å². The number of fused-ring (bicyclic) bond motifs is 1. The van der Waals surface area contributed by atoms with Crippen molar-refractivity contribution in [2.45, 2.75) is 30.6 Å². The summed E-state index contributed by atoms with van der Waals surface area (Å²) in [4.78, 5) is 67.4. The highest BCUT2D eigenvalue weighted by Crippen LogP contribution is 2.36. The summed E-state index contributed by atoms with van der Waals surface area (Å²) in [6.45, 7) is -0.484. The number of ether oxygens (including phenoxy) is 5. The maximum absolute atomic E-state index is 13.6. The first-order valence-electron chi connectivity index (χ1n) is 15.1. The molecule has 0 unspecified atom stereocenters. The van der Waals surface area contributed by atoms with E-state index < -0.39 is 67.2 Å². The second kappa shape index (κ2) is 14.6. The van der Waals surface area contributed by atoms with E-state index in [9.17, 15) is 24.0 Å². The molecule has 11 nitrogen and oxygen atoms in total. The van der Waals surface area contributed by atoms with Gasteiger partial charge in [0, 0.05) is 6.08 Å². The van der Waals surface area contributed by atoms with Gasteiger partial charge in [0.1, 0.15) is 18.8 Å². The van der Waals surface area contributed by atoms with Crippen LogP contribution in [0.4, 0.5) is 4.79 Å². The Kier molecular flexibility index (Phi) is 9.68. The first-order valence-corrected chi connectivity index (χ1v) is 15.1. The topological polar surface area (TPSA) is 135 Å². The van der Waals surface area contributed by atoms with E-state index in [1.165, 1.54) is 36.4 Å². The molecule has 2 fully saturated rings. The van der Waals surface area contributed by atoms with Crippen LogP contribution in [0, 0.1) is 0 Å². The summed E-state index contributed by atoms with van der Waals surface area (Å²) >= 11 is 0. The molecule has 5 atom stereocenters. The average Bonchev–Trinajstić information content (AvgIpc) is 3.47. The van der Waals surface area contributed by atoms with E-state index >= 15 is 0 Å². The molecular weight excluding hydrogens is 618 g/mol. The summed E-state index contributed by atoms with van der Waals surface area (Å²) in [5.74, 6) is -3.12. The van der Waals surface area contributed by atoms with E-state index in [2.05, 4.69) is 0 Å². The maximum atomic E-state index is 13.6. The van der Waals surface area contributed by atoms with Crippen molar-refractivity contribution in [2.24, 2.45) is 0 Å². The van der Waals surface area contributed by atoms with Crippen LogP contribution in [0.1, 0.15) is 36.6 Å². The number of carbonyl (C=O) groups excluding carboxylic acids is 5. The predicted octanol–water partition coefficient (Wildman–Crippen LogP) is 5.08. The molecule has 2 aliphatic heterocycles. The van der Waals surface area contributed by atoms with Gasteiger partial charge in [0.2, 0.25) is 6.29 Å². The molecule has 48 heavy (non-hydrogen) atoms. The quantitative estimate of drug-likeness (QED) is 0.138. The zero-order chi connectivity index (χ0) is 33.5. The van der Waals surface area contributed by atoms with Crippen LogP contribution in [0.2, 0.25) is 0 Å². The Hall–Kier alpha value is -6.07. The molecule has 6 rings (SSSR count). The Morgan fingerprint density at radius 1 is 0.646 bits per heavy atom. The second-order valence-electron chi connectivity index (χ2n) is 10.8. The van der Waals surface area contributed by atoms with Gasteiger partial charge in [0.25, 0.3) is 5.91 Å². The minimum atomic E-state index is -1.51. The molecule has 242 valence electrons. The molecule has 0 aliphatic carbocycles. The van der Waals surface area contributed by atoms with Crippen molar-refractivity contribution in [1.82, 2.24) is 4.90 Å². The Bertz CT molecular complexity index is 1800. The highest BCUT2D eigenvalue weighted by Gasteiger charge is 2.60. The van der Waals surface area contributed by atoms with Crippen LogP contribution in [0.5, 0.6) is 0 Å². The van der Waals surface area contributed by atoms with Crippen molar-refractivity contribution in [3.63, 3.8) is 0 Å². The largest absolute Gasteiger partial charge is 0.459 e. The normalized spacial score (nSPS) is 21.5. The van der Waals surface area contributed by atoms with Crippen molar-refractivity contribution < 1.29 is 47.7 Å². The van der Waals surface area contributed by atoms with Gasteiger partial charge < -0.3 is 23.7 Å². The third-order valence-electron chi connectivity index (χ3n) is 7.68. The highest BCUT2D eigenvalue weighted by molar-refractivity contribution is 6.02. The molecule has 2 aliphatic rings. The number of esters is 3. The number of hydrogen-bond donors (Lipinski definition) is 0. The molecule has 4 aromatic carbocycles. The SMILES string of the molecule is O=C(OC[C@H]1O[C@@H]2OC(=O)N(C(=O)/C=C/c3ccccc3)[C@@H]2[C@@H](OC(=O)c2ccccc2)[C@@H]1OC(=O)c1ccccc1)c1ccccc1. The Morgan fingerprint density at radius 3 is 1.67 bits per heavy atom. The summed E-state index contributed by atoms with van der Waals surface area (Å²) in [5.41, 5.74) is 1.28. The summed E-state index contributed by atoms with van der Waals surface area (Å²) in [7, 11) is 0. The summed E-state index contributed by atoms with van der Waals surface area (Å²) in [6, 6.07) is 31.8. The lowest BCUT2D eigenvalue weighted by molar-refractivity contribution is -0.240. The van der Waals surface area contributed by atoms with E-state index in [0.29, 0.717) is 5.56 Å². The molecule has 4 aromatic rings. The standard InChI is InChI=1S/C37H29NO10/c39-29(22-21-24-13-5-1-6-14-24)38-30-32(47-35(42)27-19-11-4-12-20-27)31(46-34(41)26-17-9-3-10-18-26)28(45-36(30)48-37(38)43)23-44-33(40)25-15-7-2-8-16-25/h1-22,28,30-32,36H,23H2/b22-21+/t28-,30-,31-,32-,36-/m1/s1. The molecule has 0 N–H and O–H groups in total. The predicted molar refractivity (Wildman–Crippen MR) is 169 cm³/mol. The molecule has 0 radical (unpaired) electrons. The van der Waals surface area contributed by atoms with Gasteiger partial charge in [0.15, 0.2) is 12.2 Å². The van der Waals surface area contributed by atoms with Crippen LogP contribution in [-0.2, 0) is 28.5 Å². The number of benzene rings is 4.